The Kier molecular flexibility index (Phi) is 5.46. The summed E-state index contributed by atoms with van der Waals surface area (Å²) in [5.41, 5.74) is 0.673. The SMILES string of the molecule is CSc1ccc(NC(=O)C2CCCN2S(=O)(=O)c2ccccc2)cc1. The van der Waals surface area contributed by atoms with Crippen molar-refractivity contribution in [3.63, 3.8) is 0 Å². The van der Waals surface area contributed by atoms with Crippen molar-refractivity contribution in [3.8, 4) is 0 Å². The van der Waals surface area contributed by atoms with Gasteiger partial charge >= 0.3 is 0 Å². The van der Waals surface area contributed by atoms with Gasteiger partial charge in [0.05, 0.1) is 4.90 Å². The molecule has 1 fully saturated rings. The molecule has 1 heterocycles. The normalized spacial score (nSPS) is 18.2. The number of rotatable bonds is 5. The van der Waals surface area contributed by atoms with Crippen molar-refractivity contribution in [2.45, 2.75) is 28.7 Å². The number of anilines is 1. The van der Waals surface area contributed by atoms with Crippen LogP contribution in [0.3, 0.4) is 0 Å². The molecule has 7 heteroatoms. The molecule has 1 aliphatic heterocycles. The predicted molar refractivity (Wildman–Crippen MR) is 100 cm³/mol. The Labute approximate surface area is 152 Å². The van der Waals surface area contributed by atoms with Crippen molar-refractivity contribution in [3.05, 3.63) is 54.6 Å². The molecular weight excluding hydrogens is 356 g/mol. The van der Waals surface area contributed by atoms with Crippen LogP contribution in [0.25, 0.3) is 0 Å². The Morgan fingerprint density at radius 2 is 1.80 bits per heavy atom. The van der Waals surface area contributed by atoms with Gasteiger partial charge in [0.25, 0.3) is 0 Å². The molecular formula is C18H20N2O3S2. The largest absolute Gasteiger partial charge is 0.325 e. The molecule has 1 N–H and O–H groups in total. The highest BCUT2D eigenvalue weighted by Crippen LogP contribution is 2.27. The number of benzene rings is 2. The molecule has 1 unspecified atom stereocenters. The lowest BCUT2D eigenvalue weighted by Gasteiger charge is -2.23. The summed E-state index contributed by atoms with van der Waals surface area (Å²) in [4.78, 5) is 14.0. The van der Waals surface area contributed by atoms with Gasteiger partial charge in [-0.1, -0.05) is 18.2 Å². The minimum atomic E-state index is -3.67. The summed E-state index contributed by atoms with van der Waals surface area (Å²) < 4.78 is 27.0. The van der Waals surface area contributed by atoms with E-state index < -0.39 is 16.1 Å². The van der Waals surface area contributed by atoms with E-state index in [0.717, 1.165) is 4.90 Å². The number of hydrogen-bond acceptors (Lipinski definition) is 4. The molecule has 3 rings (SSSR count). The van der Waals surface area contributed by atoms with Gasteiger partial charge in [0.15, 0.2) is 0 Å². The van der Waals surface area contributed by atoms with Gasteiger partial charge in [0, 0.05) is 17.1 Å². The molecule has 0 aliphatic carbocycles. The molecule has 1 amide bonds. The van der Waals surface area contributed by atoms with Crippen molar-refractivity contribution in [1.82, 2.24) is 4.31 Å². The van der Waals surface area contributed by atoms with Crippen LogP contribution in [0.2, 0.25) is 0 Å². The van der Waals surface area contributed by atoms with E-state index in [2.05, 4.69) is 5.32 Å². The van der Waals surface area contributed by atoms with E-state index in [1.165, 1.54) is 4.31 Å². The minimum Gasteiger partial charge on any atom is -0.325 e. The summed E-state index contributed by atoms with van der Waals surface area (Å²) in [6, 6.07) is 15.1. The van der Waals surface area contributed by atoms with Crippen molar-refractivity contribution >= 4 is 33.4 Å². The van der Waals surface area contributed by atoms with E-state index in [1.807, 2.05) is 30.5 Å². The first-order chi connectivity index (χ1) is 12.0. The van der Waals surface area contributed by atoms with Crippen molar-refractivity contribution < 1.29 is 13.2 Å². The number of carbonyl (C=O) groups is 1. The van der Waals surface area contributed by atoms with E-state index in [1.54, 1.807) is 42.1 Å². The Morgan fingerprint density at radius 3 is 2.44 bits per heavy atom. The second-order valence-corrected chi connectivity index (χ2v) is 8.57. The van der Waals surface area contributed by atoms with Gasteiger partial charge in [-0.2, -0.15) is 4.31 Å². The van der Waals surface area contributed by atoms with Crippen molar-refractivity contribution in [2.75, 3.05) is 18.1 Å². The maximum Gasteiger partial charge on any atom is 0.243 e. The van der Waals surface area contributed by atoms with E-state index in [-0.39, 0.29) is 10.8 Å². The first kappa shape index (κ1) is 18.0. The average molecular weight is 377 g/mol. The van der Waals surface area contributed by atoms with Crippen LogP contribution < -0.4 is 5.32 Å². The quantitative estimate of drug-likeness (QED) is 0.814. The van der Waals surface area contributed by atoms with Crippen LogP contribution in [0.1, 0.15) is 12.8 Å². The molecule has 2 aromatic carbocycles. The third-order valence-corrected chi connectivity index (χ3v) is 6.88. The molecule has 1 aliphatic rings. The predicted octanol–water partition coefficient (Wildman–Crippen LogP) is 3.20. The van der Waals surface area contributed by atoms with Crippen molar-refractivity contribution in [1.29, 1.82) is 0 Å². The number of nitrogens with one attached hydrogen (secondary N) is 1. The summed E-state index contributed by atoms with van der Waals surface area (Å²) in [6.07, 6.45) is 3.19. The molecule has 0 aromatic heterocycles. The maximum absolute atomic E-state index is 12.8. The van der Waals surface area contributed by atoms with Gasteiger partial charge in [0.2, 0.25) is 15.9 Å². The van der Waals surface area contributed by atoms with Crippen LogP contribution in [0.4, 0.5) is 5.69 Å². The monoisotopic (exact) mass is 376 g/mol. The summed E-state index contributed by atoms with van der Waals surface area (Å²) in [7, 11) is -3.67. The number of sulfonamides is 1. The molecule has 2 aromatic rings. The standard InChI is InChI=1S/C18H20N2O3S2/c1-24-15-11-9-14(10-12-15)19-18(21)17-8-5-13-20(17)25(22,23)16-6-3-2-4-7-16/h2-4,6-7,9-12,17H,5,8,13H2,1H3,(H,19,21). The highest BCUT2D eigenvalue weighted by molar-refractivity contribution is 7.98. The lowest BCUT2D eigenvalue weighted by molar-refractivity contribution is -0.119. The van der Waals surface area contributed by atoms with Crippen LogP contribution in [-0.4, -0.2) is 37.5 Å². The van der Waals surface area contributed by atoms with Crippen LogP contribution in [0.5, 0.6) is 0 Å². The summed E-state index contributed by atoms with van der Waals surface area (Å²) in [5.74, 6) is -0.283. The summed E-state index contributed by atoms with van der Waals surface area (Å²) in [5, 5.41) is 2.83. The molecule has 132 valence electrons. The Balaban J connectivity index is 1.77. The maximum atomic E-state index is 12.8. The Hall–Kier alpha value is -1.83. The Morgan fingerprint density at radius 1 is 1.12 bits per heavy atom. The third-order valence-electron chi connectivity index (χ3n) is 4.21. The van der Waals surface area contributed by atoms with Gasteiger partial charge in [0.1, 0.15) is 6.04 Å². The van der Waals surface area contributed by atoms with E-state index in [9.17, 15) is 13.2 Å². The highest BCUT2D eigenvalue weighted by Gasteiger charge is 2.39. The number of carbonyl (C=O) groups excluding carboxylic acids is 1. The second kappa shape index (κ2) is 7.59. The molecule has 1 atom stereocenters. The van der Waals surface area contributed by atoms with Crippen molar-refractivity contribution in [2.24, 2.45) is 0 Å². The molecule has 0 spiro atoms. The molecule has 0 radical (unpaired) electrons. The second-order valence-electron chi connectivity index (χ2n) is 5.80. The topological polar surface area (TPSA) is 66.5 Å². The zero-order valence-electron chi connectivity index (χ0n) is 13.9. The first-order valence-corrected chi connectivity index (χ1v) is 10.7. The fourth-order valence-electron chi connectivity index (χ4n) is 2.92. The van der Waals surface area contributed by atoms with Gasteiger partial charge in [-0.15, -0.1) is 11.8 Å². The lowest BCUT2D eigenvalue weighted by atomic mass is 10.2. The zero-order valence-corrected chi connectivity index (χ0v) is 15.5. The highest BCUT2D eigenvalue weighted by atomic mass is 32.2. The lowest BCUT2D eigenvalue weighted by Crippen LogP contribution is -2.43. The van der Waals surface area contributed by atoms with E-state index in [0.29, 0.717) is 25.1 Å². The van der Waals surface area contributed by atoms with Gasteiger partial charge in [-0.05, 0) is 55.5 Å². The van der Waals surface area contributed by atoms with Gasteiger partial charge < -0.3 is 5.32 Å². The van der Waals surface area contributed by atoms with E-state index in [4.69, 9.17) is 0 Å². The first-order valence-electron chi connectivity index (χ1n) is 8.04. The Bertz CT molecular complexity index is 836. The van der Waals surface area contributed by atoms with Gasteiger partial charge in [-0.25, -0.2) is 8.42 Å². The van der Waals surface area contributed by atoms with Crippen LogP contribution in [-0.2, 0) is 14.8 Å². The summed E-state index contributed by atoms with van der Waals surface area (Å²) in [6.45, 7) is 0.362. The third kappa shape index (κ3) is 3.89. The molecule has 25 heavy (non-hydrogen) atoms. The molecule has 0 saturated carbocycles. The number of amides is 1. The summed E-state index contributed by atoms with van der Waals surface area (Å²) >= 11 is 1.62. The zero-order chi connectivity index (χ0) is 17.9. The van der Waals surface area contributed by atoms with Crippen LogP contribution >= 0.6 is 11.8 Å². The average Bonchev–Trinajstić information content (AvgIpc) is 3.14. The number of nitrogens with zero attached hydrogens (tertiary/aromatic N) is 1. The van der Waals surface area contributed by atoms with Crippen LogP contribution in [0, 0.1) is 0 Å². The molecule has 0 bridgehead atoms. The van der Waals surface area contributed by atoms with E-state index >= 15 is 0 Å². The minimum absolute atomic E-state index is 0.221. The van der Waals surface area contributed by atoms with Crippen LogP contribution in [0.15, 0.2) is 64.4 Å². The molecule has 1 saturated heterocycles. The smallest absolute Gasteiger partial charge is 0.243 e. The van der Waals surface area contributed by atoms with Gasteiger partial charge in [-0.3, -0.25) is 4.79 Å². The fraction of sp³-hybridized carbons (Fsp3) is 0.278. The number of thioether (sulfide) groups is 1. The fourth-order valence-corrected chi connectivity index (χ4v) is 5.00. The molecule has 5 nitrogen and oxygen atoms in total. The number of hydrogen-bond donors (Lipinski definition) is 1.